The number of hydrogen-bond donors (Lipinski definition) is 2. The Bertz CT molecular complexity index is 540. The summed E-state index contributed by atoms with van der Waals surface area (Å²) in [6.45, 7) is -0.00902. The fraction of sp³-hybridized carbons (Fsp3) is 0.333. The molecule has 0 radical (unpaired) electrons. The number of benzene rings is 1. The second-order valence-electron chi connectivity index (χ2n) is 4.01. The maximum atomic E-state index is 12.0. The molecule has 0 aliphatic rings. The van der Waals surface area contributed by atoms with Crippen LogP contribution in [-0.4, -0.2) is 24.7 Å². The fourth-order valence-corrected chi connectivity index (χ4v) is 1.52. The lowest BCUT2D eigenvalue weighted by Gasteiger charge is -2.17. The van der Waals surface area contributed by atoms with Crippen molar-refractivity contribution in [3.05, 3.63) is 28.8 Å². The standard InChI is InChI=1S/C12H11ClF3N3O/c1-7(11(20)18-6-12(14,15)16)19-10-4-8(5-17)2-3-9(10)13/h2-4,7,19H,6H2,1H3,(H,18,20). The summed E-state index contributed by atoms with van der Waals surface area (Å²) >= 11 is 5.87. The Hall–Kier alpha value is -1.94. The number of alkyl halides is 3. The number of carbonyl (C=O) groups is 1. The molecule has 0 saturated heterocycles. The lowest BCUT2D eigenvalue weighted by Crippen LogP contribution is -2.42. The number of carbonyl (C=O) groups excluding carboxylic acids is 1. The molecule has 0 aromatic heterocycles. The van der Waals surface area contributed by atoms with Crippen molar-refractivity contribution < 1.29 is 18.0 Å². The third-order valence-corrected chi connectivity index (χ3v) is 2.65. The maximum Gasteiger partial charge on any atom is 0.405 e. The van der Waals surface area contributed by atoms with E-state index in [4.69, 9.17) is 16.9 Å². The molecule has 0 fully saturated rings. The largest absolute Gasteiger partial charge is 0.405 e. The summed E-state index contributed by atoms with van der Waals surface area (Å²) in [7, 11) is 0. The van der Waals surface area contributed by atoms with Crippen molar-refractivity contribution in [3.63, 3.8) is 0 Å². The van der Waals surface area contributed by atoms with E-state index in [0.717, 1.165) is 0 Å². The topological polar surface area (TPSA) is 64.9 Å². The highest BCUT2D eigenvalue weighted by molar-refractivity contribution is 6.33. The fourth-order valence-electron chi connectivity index (χ4n) is 1.34. The molecule has 4 nitrogen and oxygen atoms in total. The number of nitriles is 1. The van der Waals surface area contributed by atoms with Gasteiger partial charge in [-0.1, -0.05) is 11.6 Å². The maximum absolute atomic E-state index is 12.0. The predicted octanol–water partition coefficient (Wildman–Crippen LogP) is 2.69. The summed E-state index contributed by atoms with van der Waals surface area (Å²) in [5.74, 6) is -0.819. The van der Waals surface area contributed by atoms with Crippen LogP contribution in [0.3, 0.4) is 0 Å². The van der Waals surface area contributed by atoms with E-state index >= 15 is 0 Å². The van der Waals surface area contributed by atoms with Gasteiger partial charge in [0.2, 0.25) is 5.91 Å². The van der Waals surface area contributed by atoms with Crippen LogP contribution in [0.5, 0.6) is 0 Å². The molecule has 0 bridgehead atoms. The van der Waals surface area contributed by atoms with Gasteiger partial charge in [0, 0.05) is 0 Å². The van der Waals surface area contributed by atoms with Gasteiger partial charge in [0.15, 0.2) is 0 Å². The van der Waals surface area contributed by atoms with Gasteiger partial charge in [0.05, 0.1) is 22.3 Å². The molecular weight excluding hydrogens is 295 g/mol. The Balaban J connectivity index is 2.68. The lowest BCUT2D eigenvalue weighted by atomic mass is 10.2. The highest BCUT2D eigenvalue weighted by atomic mass is 35.5. The van der Waals surface area contributed by atoms with Gasteiger partial charge in [-0.25, -0.2) is 0 Å². The lowest BCUT2D eigenvalue weighted by molar-refractivity contribution is -0.138. The zero-order valence-corrected chi connectivity index (χ0v) is 11.1. The number of amides is 1. The van der Waals surface area contributed by atoms with Gasteiger partial charge >= 0.3 is 6.18 Å². The Kier molecular flexibility index (Phi) is 5.22. The summed E-state index contributed by atoms with van der Waals surface area (Å²) in [5.41, 5.74) is 0.625. The summed E-state index contributed by atoms with van der Waals surface area (Å²) in [6.07, 6.45) is -4.46. The van der Waals surface area contributed by atoms with Crippen molar-refractivity contribution >= 4 is 23.2 Å². The molecule has 0 aliphatic heterocycles. The molecule has 8 heteroatoms. The van der Waals surface area contributed by atoms with Crippen LogP contribution in [0.25, 0.3) is 0 Å². The number of nitrogens with one attached hydrogen (secondary N) is 2. The minimum absolute atomic E-state index is 0.263. The minimum atomic E-state index is -4.46. The molecular formula is C12H11ClF3N3O. The van der Waals surface area contributed by atoms with E-state index in [1.165, 1.54) is 25.1 Å². The Morgan fingerprint density at radius 3 is 2.70 bits per heavy atom. The zero-order valence-electron chi connectivity index (χ0n) is 10.4. The van der Waals surface area contributed by atoms with Crippen LogP contribution in [0.15, 0.2) is 18.2 Å². The van der Waals surface area contributed by atoms with Crippen molar-refractivity contribution in [2.24, 2.45) is 0 Å². The molecule has 1 atom stereocenters. The molecule has 0 heterocycles. The van der Waals surface area contributed by atoms with E-state index in [-0.39, 0.29) is 5.02 Å². The van der Waals surface area contributed by atoms with Gasteiger partial charge < -0.3 is 10.6 Å². The second kappa shape index (κ2) is 6.48. The van der Waals surface area contributed by atoms with Crippen molar-refractivity contribution in [1.82, 2.24) is 5.32 Å². The summed E-state index contributed by atoms with van der Waals surface area (Å²) in [5, 5.41) is 13.4. The predicted molar refractivity (Wildman–Crippen MR) is 68.3 cm³/mol. The quantitative estimate of drug-likeness (QED) is 0.899. The van der Waals surface area contributed by atoms with Gasteiger partial charge in [-0.15, -0.1) is 0 Å². The van der Waals surface area contributed by atoms with Crippen LogP contribution < -0.4 is 10.6 Å². The van der Waals surface area contributed by atoms with Crippen LogP contribution in [0, 0.1) is 11.3 Å². The molecule has 0 spiro atoms. The normalized spacial score (nSPS) is 12.4. The molecule has 108 valence electrons. The van der Waals surface area contributed by atoms with Crippen LogP contribution in [0.2, 0.25) is 5.02 Å². The minimum Gasteiger partial charge on any atom is -0.373 e. The van der Waals surface area contributed by atoms with Gasteiger partial charge in [-0.05, 0) is 25.1 Å². The van der Waals surface area contributed by atoms with E-state index in [9.17, 15) is 18.0 Å². The van der Waals surface area contributed by atoms with Crippen LogP contribution in [0.4, 0.5) is 18.9 Å². The Morgan fingerprint density at radius 1 is 1.50 bits per heavy atom. The number of rotatable bonds is 4. The van der Waals surface area contributed by atoms with Crippen molar-refractivity contribution in [2.75, 3.05) is 11.9 Å². The number of nitrogens with zero attached hydrogens (tertiary/aromatic N) is 1. The van der Waals surface area contributed by atoms with Gasteiger partial charge in [0.25, 0.3) is 0 Å². The van der Waals surface area contributed by atoms with Crippen LogP contribution in [-0.2, 0) is 4.79 Å². The first-order chi connectivity index (χ1) is 9.23. The Labute approximate surface area is 118 Å². The average molecular weight is 306 g/mol. The first-order valence-electron chi connectivity index (χ1n) is 5.53. The van der Waals surface area contributed by atoms with E-state index in [2.05, 4.69) is 5.32 Å². The number of anilines is 1. The average Bonchev–Trinajstić information content (AvgIpc) is 2.37. The first kappa shape index (κ1) is 16.1. The number of hydrogen-bond acceptors (Lipinski definition) is 3. The van der Waals surface area contributed by atoms with E-state index in [1.807, 2.05) is 6.07 Å². The third kappa shape index (κ3) is 4.97. The highest BCUT2D eigenvalue weighted by Gasteiger charge is 2.28. The molecule has 0 aliphatic carbocycles. The second-order valence-corrected chi connectivity index (χ2v) is 4.41. The zero-order chi connectivity index (χ0) is 15.3. The van der Waals surface area contributed by atoms with Gasteiger partial charge in [0.1, 0.15) is 12.6 Å². The summed E-state index contributed by atoms with van der Waals surface area (Å²) in [4.78, 5) is 11.5. The van der Waals surface area contributed by atoms with Crippen molar-refractivity contribution in [3.8, 4) is 6.07 Å². The van der Waals surface area contributed by atoms with E-state index < -0.39 is 24.7 Å². The first-order valence-corrected chi connectivity index (χ1v) is 5.91. The van der Waals surface area contributed by atoms with Crippen molar-refractivity contribution in [2.45, 2.75) is 19.1 Å². The Morgan fingerprint density at radius 2 is 2.15 bits per heavy atom. The van der Waals surface area contributed by atoms with Gasteiger partial charge in [-0.3, -0.25) is 4.79 Å². The molecule has 1 aromatic rings. The van der Waals surface area contributed by atoms with Crippen LogP contribution in [0.1, 0.15) is 12.5 Å². The molecule has 1 aromatic carbocycles. The smallest absolute Gasteiger partial charge is 0.373 e. The highest BCUT2D eigenvalue weighted by Crippen LogP contribution is 2.23. The number of halogens is 4. The molecule has 1 unspecified atom stereocenters. The van der Waals surface area contributed by atoms with Gasteiger partial charge in [-0.2, -0.15) is 18.4 Å². The van der Waals surface area contributed by atoms with Crippen LogP contribution >= 0.6 is 11.6 Å². The van der Waals surface area contributed by atoms with E-state index in [0.29, 0.717) is 11.3 Å². The summed E-state index contributed by atoms with van der Waals surface area (Å²) in [6, 6.07) is 5.33. The SMILES string of the molecule is CC(Nc1cc(C#N)ccc1Cl)C(=O)NCC(F)(F)F. The molecule has 1 rings (SSSR count). The van der Waals surface area contributed by atoms with Crippen molar-refractivity contribution in [1.29, 1.82) is 5.26 Å². The monoisotopic (exact) mass is 305 g/mol. The molecule has 20 heavy (non-hydrogen) atoms. The third-order valence-electron chi connectivity index (χ3n) is 2.32. The molecule has 2 N–H and O–H groups in total. The molecule has 1 amide bonds. The summed E-state index contributed by atoms with van der Waals surface area (Å²) < 4.78 is 35.9. The molecule has 0 saturated carbocycles. The van der Waals surface area contributed by atoms with E-state index in [1.54, 1.807) is 5.32 Å².